The van der Waals surface area contributed by atoms with E-state index in [2.05, 4.69) is 4.74 Å². The van der Waals surface area contributed by atoms with Gasteiger partial charge in [-0.2, -0.15) is 0 Å². The molecule has 0 spiro atoms. The van der Waals surface area contributed by atoms with Crippen LogP contribution >= 0.6 is 0 Å². The minimum Gasteiger partial charge on any atom is -0.463 e. The average Bonchev–Trinajstić information content (AvgIpc) is 3.05. The molecule has 2 aliphatic rings. The van der Waals surface area contributed by atoms with Crippen molar-refractivity contribution in [3.05, 3.63) is 0 Å². The first-order valence-corrected chi connectivity index (χ1v) is 7.95. The summed E-state index contributed by atoms with van der Waals surface area (Å²) in [5.74, 6) is 2.06. The molecular weight excluding hydrogens is 240 g/mol. The molecule has 0 aromatic rings. The Kier molecular flexibility index (Phi) is 8.89. The van der Waals surface area contributed by atoms with Crippen LogP contribution in [0.5, 0.6) is 0 Å². The monoisotopic (exact) mass is 270 g/mol. The Labute approximate surface area is 118 Å². The molecule has 0 radical (unpaired) electrons. The van der Waals surface area contributed by atoms with Gasteiger partial charge in [-0.3, -0.25) is 4.79 Å². The molecule has 2 aliphatic carbocycles. The predicted molar refractivity (Wildman–Crippen MR) is 77.0 cm³/mol. The van der Waals surface area contributed by atoms with E-state index in [0.717, 1.165) is 11.8 Å². The van der Waals surface area contributed by atoms with Crippen LogP contribution in [0.25, 0.3) is 0 Å². The highest BCUT2D eigenvalue weighted by atomic mass is 16.6. The van der Waals surface area contributed by atoms with Crippen molar-refractivity contribution in [2.24, 2.45) is 11.8 Å². The maximum Gasteiger partial charge on any atom is 0.302 e. The Morgan fingerprint density at radius 2 is 1.42 bits per heavy atom. The molecule has 0 saturated heterocycles. The Balaban J connectivity index is 0.000000192. The Hall–Kier alpha value is -0.570. The van der Waals surface area contributed by atoms with Crippen molar-refractivity contribution in [3.8, 4) is 0 Å². The van der Waals surface area contributed by atoms with Gasteiger partial charge in [-0.15, -0.1) is 0 Å². The zero-order valence-corrected chi connectivity index (χ0v) is 12.7. The molecule has 3 heteroatoms. The van der Waals surface area contributed by atoms with Crippen LogP contribution in [0.1, 0.15) is 65.2 Å². The van der Waals surface area contributed by atoms with E-state index in [1.54, 1.807) is 25.7 Å². The van der Waals surface area contributed by atoms with Gasteiger partial charge in [0, 0.05) is 13.5 Å². The molecular formula is C16H30O3. The Bertz CT molecular complexity index is 214. The third kappa shape index (κ3) is 7.56. The number of ether oxygens (including phenoxy) is 2. The molecule has 2 rings (SSSR count). The Morgan fingerprint density at radius 3 is 1.79 bits per heavy atom. The fourth-order valence-electron chi connectivity index (χ4n) is 3.25. The van der Waals surface area contributed by atoms with Crippen molar-refractivity contribution >= 4 is 5.97 Å². The minimum absolute atomic E-state index is 0.255. The van der Waals surface area contributed by atoms with Gasteiger partial charge in [0.15, 0.2) is 0 Å². The number of carbonyl (C=O) groups is 1. The second kappa shape index (κ2) is 10.2. The van der Waals surface area contributed by atoms with Crippen LogP contribution in [-0.4, -0.2) is 25.8 Å². The maximum atomic E-state index is 10.1. The smallest absolute Gasteiger partial charge is 0.302 e. The van der Waals surface area contributed by atoms with Gasteiger partial charge < -0.3 is 9.47 Å². The Morgan fingerprint density at radius 1 is 0.947 bits per heavy atom. The van der Waals surface area contributed by atoms with E-state index in [-0.39, 0.29) is 5.97 Å². The standard InChI is InChI=1S/C10H18.C6H12O3/c1-2-6-9(5-1)10-7-3-4-8-10;1-3-8-4-5-9-6(2)7/h9-10H,1-8H2;3-5H2,1-2H3. The third-order valence-electron chi connectivity index (χ3n) is 4.20. The van der Waals surface area contributed by atoms with Crippen molar-refractivity contribution in [1.29, 1.82) is 0 Å². The summed E-state index contributed by atoms with van der Waals surface area (Å²) in [6, 6.07) is 0. The molecule has 0 N–H and O–H groups in total. The summed E-state index contributed by atoms with van der Waals surface area (Å²) < 4.78 is 9.49. The molecule has 2 fully saturated rings. The van der Waals surface area contributed by atoms with Crippen molar-refractivity contribution in [3.63, 3.8) is 0 Å². The highest BCUT2D eigenvalue weighted by Crippen LogP contribution is 2.39. The first-order valence-electron chi connectivity index (χ1n) is 7.95. The van der Waals surface area contributed by atoms with Crippen molar-refractivity contribution in [1.82, 2.24) is 0 Å². The molecule has 0 atom stereocenters. The maximum absolute atomic E-state index is 10.1. The van der Waals surface area contributed by atoms with E-state index >= 15 is 0 Å². The summed E-state index contributed by atoms with van der Waals surface area (Å²) in [6.45, 7) is 4.81. The topological polar surface area (TPSA) is 35.5 Å². The van der Waals surface area contributed by atoms with E-state index in [1.807, 2.05) is 6.92 Å². The molecule has 0 unspecified atom stereocenters. The molecule has 112 valence electrons. The molecule has 0 aromatic heterocycles. The number of carbonyl (C=O) groups excluding carboxylic acids is 1. The first kappa shape index (κ1) is 16.5. The molecule has 0 bridgehead atoms. The molecule has 0 aromatic carbocycles. The summed E-state index contributed by atoms with van der Waals surface area (Å²) >= 11 is 0. The van der Waals surface area contributed by atoms with Crippen LogP contribution in [0.4, 0.5) is 0 Å². The van der Waals surface area contributed by atoms with Crippen LogP contribution in [0, 0.1) is 11.8 Å². The van der Waals surface area contributed by atoms with Gasteiger partial charge in [-0.05, 0) is 18.8 Å². The van der Waals surface area contributed by atoms with Crippen LogP contribution in [-0.2, 0) is 14.3 Å². The van der Waals surface area contributed by atoms with Gasteiger partial charge in [0.25, 0.3) is 0 Å². The normalized spacial score (nSPS) is 20.1. The highest BCUT2D eigenvalue weighted by Gasteiger charge is 2.26. The predicted octanol–water partition coefficient (Wildman–Crippen LogP) is 3.95. The molecule has 3 nitrogen and oxygen atoms in total. The molecule has 2 saturated carbocycles. The van der Waals surface area contributed by atoms with E-state index in [4.69, 9.17) is 4.74 Å². The lowest BCUT2D eigenvalue weighted by Gasteiger charge is -2.16. The fraction of sp³-hybridized carbons (Fsp3) is 0.938. The largest absolute Gasteiger partial charge is 0.463 e. The molecule has 19 heavy (non-hydrogen) atoms. The van der Waals surface area contributed by atoms with Gasteiger partial charge in [0.1, 0.15) is 6.61 Å². The van der Waals surface area contributed by atoms with Gasteiger partial charge in [-0.1, -0.05) is 51.4 Å². The zero-order valence-electron chi connectivity index (χ0n) is 12.7. The highest BCUT2D eigenvalue weighted by molar-refractivity contribution is 5.65. The lowest BCUT2D eigenvalue weighted by atomic mass is 9.90. The second-order valence-corrected chi connectivity index (χ2v) is 5.63. The third-order valence-corrected chi connectivity index (χ3v) is 4.20. The molecule has 0 aliphatic heterocycles. The SMILES string of the molecule is C1CCC(C2CCCC2)C1.CCOCCOC(C)=O. The zero-order chi connectivity index (χ0) is 13.9. The number of hydrogen-bond donors (Lipinski definition) is 0. The number of hydrogen-bond acceptors (Lipinski definition) is 3. The first-order chi connectivity index (χ1) is 9.24. The van der Waals surface area contributed by atoms with Gasteiger partial charge >= 0.3 is 5.97 Å². The van der Waals surface area contributed by atoms with Crippen LogP contribution in [0.2, 0.25) is 0 Å². The lowest BCUT2D eigenvalue weighted by molar-refractivity contribution is -0.142. The summed E-state index contributed by atoms with van der Waals surface area (Å²) in [7, 11) is 0. The van der Waals surface area contributed by atoms with Gasteiger partial charge in [0.05, 0.1) is 6.61 Å². The molecule has 0 amide bonds. The van der Waals surface area contributed by atoms with Crippen molar-refractivity contribution in [2.45, 2.75) is 65.2 Å². The molecule has 0 heterocycles. The summed E-state index contributed by atoms with van der Waals surface area (Å²) in [5, 5.41) is 0. The van der Waals surface area contributed by atoms with Gasteiger partial charge in [-0.25, -0.2) is 0 Å². The van der Waals surface area contributed by atoms with Crippen LogP contribution in [0.3, 0.4) is 0 Å². The van der Waals surface area contributed by atoms with E-state index in [9.17, 15) is 4.79 Å². The van der Waals surface area contributed by atoms with Crippen molar-refractivity contribution < 1.29 is 14.3 Å². The number of rotatable bonds is 5. The van der Waals surface area contributed by atoms with Gasteiger partial charge in [0.2, 0.25) is 0 Å². The fourth-order valence-corrected chi connectivity index (χ4v) is 3.25. The quantitative estimate of drug-likeness (QED) is 0.560. The lowest BCUT2D eigenvalue weighted by Crippen LogP contribution is -2.06. The van der Waals surface area contributed by atoms with Crippen LogP contribution < -0.4 is 0 Å². The second-order valence-electron chi connectivity index (χ2n) is 5.63. The van der Waals surface area contributed by atoms with E-state index < -0.39 is 0 Å². The van der Waals surface area contributed by atoms with E-state index in [1.165, 1.54) is 32.6 Å². The summed E-state index contributed by atoms with van der Waals surface area (Å²) in [5.41, 5.74) is 0. The van der Waals surface area contributed by atoms with Crippen molar-refractivity contribution in [2.75, 3.05) is 19.8 Å². The average molecular weight is 270 g/mol. The van der Waals surface area contributed by atoms with Crippen LogP contribution in [0.15, 0.2) is 0 Å². The van der Waals surface area contributed by atoms with E-state index in [0.29, 0.717) is 19.8 Å². The summed E-state index contributed by atoms with van der Waals surface area (Å²) in [6.07, 6.45) is 12.4. The minimum atomic E-state index is -0.255. The number of esters is 1. The summed E-state index contributed by atoms with van der Waals surface area (Å²) in [4.78, 5) is 10.1.